The van der Waals surface area contributed by atoms with Crippen LogP contribution in [0, 0.1) is 0 Å². The van der Waals surface area contributed by atoms with Gasteiger partial charge in [-0.25, -0.2) is 8.42 Å². The molecule has 4 nitrogen and oxygen atoms in total. The first-order chi connectivity index (χ1) is 12.8. The van der Waals surface area contributed by atoms with Crippen LogP contribution < -0.4 is 9.46 Å². The van der Waals surface area contributed by atoms with E-state index >= 15 is 0 Å². The van der Waals surface area contributed by atoms with Crippen LogP contribution in [0.2, 0.25) is 15.1 Å². The van der Waals surface area contributed by atoms with E-state index in [0.717, 1.165) is 5.56 Å². The van der Waals surface area contributed by atoms with Gasteiger partial charge in [0.2, 0.25) is 0 Å². The molecule has 0 fully saturated rings. The molecular weight excluding hydrogens is 429 g/mol. The highest BCUT2D eigenvalue weighted by Gasteiger charge is 2.23. The van der Waals surface area contributed by atoms with Crippen molar-refractivity contribution in [3.8, 4) is 16.9 Å². The standard InChI is InChI=1S/C19H14Cl3NO3S/c1-26-16-10-11-17(19(22)18(16)21)27(24,25)23-15-5-3-2-4-14(15)12-6-8-13(20)9-7-12/h2-11,23H,1H3. The summed E-state index contributed by atoms with van der Waals surface area (Å²) in [4.78, 5) is -0.138. The fourth-order valence-electron chi connectivity index (χ4n) is 2.53. The van der Waals surface area contributed by atoms with Gasteiger partial charge in [-0.3, -0.25) is 4.72 Å². The average Bonchev–Trinajstić information content (AvgIpc) is 2.64. The molecule has 3 rings (SSSR count). The zero-order valence-corrected chi connectivity index (χ0v) is 17.1. The van der Waals surface area contributed by atoms with E-state index in [2.05, 4.69) is 4.72 Å². The maximum Gasteiger partial charge on any atom is 0.263 e. The van der Waals surface area contributed by atoms with Crippen molar-refractivity contribution in [2.45, 2.75) is 4.90 Å². The summed E-state index contributed by atoms with van der Waals surface area (Å²) in [6, 6.07) is 16.9. The number of benzene rings is 3. The van der Waals surface area contributed by atoms with Gasteiger partial charge in [0, 0.05) is 10.6 Å². The Kier molecular flexibility index (Phi) is 5.86. The summed E-state index contributed by atoms with van der Waals surface area (Å²) in [5, 5.41) is 0.525. The number of halogens is 3. The molecule has 0 aliphatic carbocycles. The van der Waals surface area contributed by atoms with Crippen LogP contribution in [0.25, 0.3) is 11.1 Å². The zero-order chi connectivity index (χ0) is 19.6. The number of nitrogens with one attached hydrogen (secondary N) is 1. The van der Waals surface area contributed by atoms with E-state index in [4.69, 9.17) is 39.5 Å². The van der Waals surface area contributed by atoms with Crippen LogP contribution in [0.5, 0.6) is 5.75 Å². The second-order valence-corrected chi connectivity index (χ2v) is 8.40. The van der Waals surface area contributed by atoms with Crippen molar-refractivity contribution >= 4 is 50.5 Å². The van der Waals surface area contributed by atoms with E-state index < -0.39 is 10.0 Å². The van der Waals surface area contributed by atoms with Crippen molar-refractivity contribution in [3.05, 3.63) is 75.7 Å². The van der Waals surface area contributed by atoms with E-state index in [0.29, 0.717) is 22.0 Å². The Labute approximate surface area is 172 Å². The minimum absolute atomic E-state index is 0.0352. The van der Waals surface area contributed by atoms with Crippen molar-refractivity contribution in [1.29, 1.82) is 0 Å². The Morgan fingerprint density at radius 1 is 0.852 bits per heavy atom. The molecule has 27 heavy (non-hydrogen) atoms. The second-order valence-electron chi connectivity index (χ2n) is 5.55. The highest BCUT2D eigenvalue weighted by Crippen LogP contribution is 2.38. The minimum atomic E-state index is -3.98. The SMILES string of the molecule is COc1ccc(S(=O)(=O)Nc2ccccc2-c2ccc(Cl)cc2)c(Cl)c1Cl. The van der Waals surface area contributed by atoms with Gasteiger partial charge in [0.05, 0.1) is 17.8 Å². The predicted octanol–water partition coefficient (Wildman–Crippen LogP) is 6.12. The number of anilines is 1. The van der Waals surface area contributed by atoms with Crippen molar-refractivity contribution in [1.82, 2.24) is 0 Å². The first-order valence-electron chi connectivity index (χ1n) is 7.73. The quantitative estimate of drug-likeness (QED) is 0.517. The summed E-state index contributed by atoms with van der Waals surface area (Å²) in [5.41, 5.74) is 1.92. The molecule has 0 aromatic heterocycles. The van der Waals surface area contributed by atoms with Crippen LogP contribution in [0.4, 0.5) is 5.69 Å². The van der Waals surface area contributed by atoms with Crippen molar-refractivity contribution < 1.29 is 13.2 Å². The molecule has 0 spiro atoms. The Bertz CT molecular complexity index is 1080. The lowest BCUT2D eigenvalue weighted by Gasteiger charge is -2.15. The third-order valence-corrected chi connectivity index (χ3v) is 6.48. The lowest BCUT2D eigenvalue weighted by atomic mass is 10.0. The molecule has 3 aromatic rings. The Hall–Kier alpha value is -1.92. The molecule has 1 N–H and O–H groups in total. The van der Waals surface area contributed by atoms with E-state index in [1.165, 1.54) is 19.2 Å². The van der Waals surface area contributed by atoms with E-state index in [9.17, 15) is 8.42 Å². The minimum Gasteiger partial charge on any atom is -0.495 e. The predicted molar refractivity (Wildman–Crippen MR) is 111 cm³/mol. The lowest BCUT2D eigenvalue weighted by Crippen LogP contribution is -2.14. The smallest absolute Gasteiger partial charge is 0.263 e. The Morgan fingerprint density at radius 3 is 2.19 bits per heavy atom. The van der Waals surface area contributed by atoms with Gasteiger partial charge in [-0.15, -0.1) is 0 Å². The third-order valence-electron chi connectivity index (χ3n) is 3.85. The summed E-state index contributed by atoms with van der Waals surface area (Å²) in [7, 11) is -2.56. The Balaban J connectivity index is 2.03. The molecule has 0 heterocycles. The van der Waals surface area contributed by atoms with Crippen LogP contribution in [0.3, 0.4) is 0 Å². The molecule has 0 radical (unpaired) electrons. The molecule has 0 bridgehead atoms. The first-order valence-corrected chi connectivity index (χ1v) is 10.3. The third kappa shape index (κ3) is 4.17. The van der Waals surface area contributed by atoms with Gasteiger partial charge in [0.25, 0.3) is 10.0 Å². The average molecular weight is 443 g/mol. The number of rotatable bonds is 5. The molecular formula is C19H14Cl3NO3S. The zero-order valence-electron chi connectivity index (χ0n) is 14.0. The fourth-order valence-corrected chi connectivity index (χ4v) is 4.58. The summed E-state index contributed by atoms with van der Waals surface area (Å²) >= 11 is 18.2. The van der Waals surface area contributed by atoms with Crippen molar-refractivity contribution in [2.24, 2.45) is 0 Å². The lowest BCUT2D eigenvalue weighted by molar-refractivity contribution is 0.414. The van der Waals surface area contributed by atoms with Gasteiger partial charge in [0.1, 0.15) is 15.7 Å². The van der Waals surface area contributed by atoms with Gasteiger partial charge in [-0.05, 0) is 35.9 Å². The maximum absolute atomic E-state index is 12.9. The van der Waals surface area contributed by atoms with Crippen LogP contribution in [0.1, 0.15) is 0 Å². The van der Waals surface area contributed by atoms with Gasteiger partial charge >= 0.3 is 0 Å². The molecule has 0 unspecified atom stereocenters. The summed E-state index contributed by atoms with van der Waals surface area (Å²) in [6.45, 7) is 0. The van der Waals surface area contributed by atoms with E-state index in [1.54, 1.807) is 24.3 Å². The molecule has 0 aliphatic rings. The van der Waals surface area contributed by atoms with E-state index in [-0.39, 0.29) is 14.9 Å². The highest BCUT2D eigenvalue weighted by atomic mass is 35.5. The van der Waals surface area contributed by atoms with Crippen LogP contribution in [0.15, 0.2) is 65.6 Å². The van der Waals surface area contributed by atoms with Crippen molar-refractivity contribution in [3.63, 3.8) is 0 Å². The van der Waals surface area contributed by atoms with Crippen LogP contribution in [-0.4, -0.2) is 15.5 Å². The number of para-hydroxylation sites is 1. The number of hydrogen-bond acceptors (Lipinski definition) is 3. The molecule has 0 saturated carbocycles. The normalized spacial score (nSPS) is 11.3. The molecule has 140 valence electrons. The number of methoxy groups -OCH3 is 1. The van der Waals surface area contributed by atoms with Gasteiger partial charge < -0.3 is 4.74 Å². The van der Waals surface area contributed by atoms with Gasteiger partial charge in [0.15, 0.2) is 0 Å². The van der Waals surface area contributed by atoms with Crippen molar-refractivity contribution in [2.75, 3.05) is 11.8 Å². The fraction of sp³-hybridized carbons (Fsp3) is 0.0526. The number of sulfonamides is 1. The topological polar surface area (TPSA) is 55.4 Å². The first kappa shape index (κ1) is 19.8. The molecule has 0 atom stereocenters. The molecule has 0 amide bonds. The number of hydrogen-bond donors (Lipinski definition) is 1. The van der Waals surface area contributed by atoms with E-state index in [1.807, 2.05) is 24.3 Å². The molecule has 0 saturated heterocycles. The summed E-state index contributed by atoms with van der Waals surface area (Å²) in [5.74, 6) is 0.294. The highest BCUT2D eigenvalue weighted by molar-refractivity contribution is 7.92. The monoisotopic (exact) mass is 441 g/mol. The Morgan fingerprint density at radius 2 is 1.52 bits per heavy atom. The van der Waals surface area contributed by atoms with Gasteiger partial charge in [-0.1, -0.05) is 65.1 Å². The molecule has 3 aromatic carbocycles. The van der Waals surface area contributed by atoms with Crippen LogP contribution >= 0.6 is 34.8 Å². The summed E-state index contributed by atoms with van der Waals surface area (Å²) in [6.07, 6.45) is 0. The molecule has 0 aliphatic heterocycles. The van der Waals surface area contributed by atoms with Gasteiger partial charge in [-0.2, -0.15) is 0 Å². The maximum atomic E-state index is 12.9. The number of ether oxygens (including phenoxy) is 1. The second kappa shape index (κ2) is 7.98. The molecule has 8 heteroatoms. The summed E-state index contributed by atoms with van der Waals surface area (Å²) < 4.78 is 33.4. The largest absolute Gasteiger partial charge is 0.495 e. The van der Waals surface area contributed by atoms with Crippen LogP contribution in [-0.2, 0) is 10.0 Å².